The zero-order valence-corrected chi connectivity index (χ0v) is 10.7. The van der Waals surface area contributed by atoms with Gasteiger partial charge in [0.1, 0.15) is 5.82 Å². The van der Waals surface area contributed by atoms with Gasteiger partial charge in [-0.25, -0.2) is 9.37 Å². The van der Waals surface area contributed by atoms with Crippen LogP contribution >= 0.6 is 0 Å². The molecule has 0 fully saturated rings. The minimum Gasteiger partial charge on any atom is -0.326 e. The SMILES string of the molecule is NCc1ccc(-c2n[nH]c(-c3ccccc3F)n2)cc1. The smallest absolute Gasteiger partial charge is 0.181 e. The van der Waals surface area contributed by atoms with Crippen LogP contribution in [-0.4, -0.2) is 15.2 Å². The Morgan fingerprint density at radius 2 is 1.80 bits per heavy atom. The van der Waals surface area contributed by atoms with E-state index in [0.29, 0.717) is 23.8 Å². The Kier molecular flexibility index (Phi) is 3.26. The fraction of sp³-hybridized carbons (Fsp3) is 0.0667. The molecule has 5 heteroatoms. The van der Waals surface area contributed by atoms with Crippen LogP contribution in [0.5, 0.6) is 0 Å². The largest absolute Gasteiger partial charge is 0.326 e. The van der Waals surface area contributed by atoms with E-state index in [-0.39, 0.29) is 5.82 Å². The molecule has 0 unspecified atom stereocenters. The second-order valence-electron chi connectivity index (χ2n) is 4.39. The van der Waals surface area contributed by atoms with E-state index in [9.17, 15) is 4.39 Å². The maximum absolute atomic E-state index is 13.7. The molecule has 0 aliphatic rings. The number of aromatic amines is 1. The molecule has 0 bridgehead atoms. The quantitative estimate of drug-likeness (QED) is 0.767. The Labute approximate surface area is 115 Å². The van der Waals surface area contributed by atoms with Gasteiger partial charge in [-0.2, -0.15) is 5.10 Å². The van der Waals surface area contributed by atoms with Gasteiger partial charge in [-0.05, 0) is 17.7 Å². The molecule has 1 heterocycles. The van der Waals surface area contributed by atoms with E-state index in [1.807, 2.05) is 24.3 Å². The molecule has 0 saturated heterocycles. The van der Waals surface area contributed by atoms with E-state index in [1.54, 1.807) is 18.2 Å². The number of hydrogen-bond acceptors (Lipinski definition) is 3. The van der Waals surface area contributed by atoms with Crippen molar-refractivity contribution in [1.29, 1.82) is 0 Å². The minimum atomic E-state index is -0.325. The number of nitrogens with zero attached hydrogens (tertiary/aromatic N) is 2. The van der Waals surface area contributed by atoms with E-state index in [1.165, 1.54) is 6.07 Å². The predicted octanol–water partition coefficient (Wildman–Crippen LogP) is 2.74. The molecular formula is C15H13FN4. The first-order valence-electron chi connectivity index (χ1n) is 6.24. The van der Waals surface area contributed by atoms with Crippen molar-refractivity contribution in [2.45, 2.75) is 6.54 Å². The third-order valence-corrected chi connectivity index (χ3v) is 3.06. The Morgan fingerprint density at radius 1 is 1.05 bits per heavy atom. The van der Waals surface area contributed by atoms with Crippen LogP contribution in [0, 0.1) is 5.82 Å². The molecule has 2 aromatic carbocycles. The number of nitrogens with two attached hydrogens (primary N) is 1. The van der Waals surface area contributed by atoms with Gasteiger partial charge in [0.2, 0.25) is 0 Å². The molecular weight excluding hydrogens is 255 g/mol. The Morgan fingerprint density at radius 3 is 2.50 bits per heavy atom. The summed E-state index contributed by atoms with van der Waals surface area (Å²) in [5.41, 5.74) is 7.87. The maximum atomic E-state index is 13.7. The Bertz CT molecular complexity index is 719. The number of aromatic nitrogens is 3. The van der Waals surface area contributed by atoms with Crippen molar-refractivity contribution >= 4 is 0 Å². The monoisotopic (exact) mass is 268 g/mol. The second-order valence-corrected chi connectivity index (χ2v) is 4.39. The summed E-state index contributed by atoms with van der Waals surface area (Å²) >= 11 is 0. The van der Waals surface area contributed by atoms with Crippen LogP contribution in [0.3, 0.4) is 0 Å². The lowest BCUT2D eigenvalue weighted by Crippen LogP contribution is -1.95. The standard InChI is InChI=1S/C15H13FN4/c16-13-4-2-1-3-12(13)15-18-14(19-20-15)11-7-5-10(9-17)6-8-11/h1-8H,9,17H2,(H,18,19,20). The van der Waals surface area contributed by atoms with E-state index in [2.05, 4.69) is 15.2 Å². The van der Waals surface area contributed by atoms with Crippen molar-refractivity contribution in [3.63, 3.8) is 0 Å². The summed E-state index contributed by atoms with van der Waals surface area (Å²) in [4.78, 5) is 4.33. The topological polar surface area (TPSA) is 67.6 Å². The molecule has 0 aliphatic carbocycles. The lowest BCUT2D eigenvalue weighted by Gasteiger charge is -1.98. The number of hydrogen-bond donors (Lipinski definition) is 2. The summed E-state index contributed by atoms with van der Waals surface area (Å²) in [5.74, 6) is 0.626. The number of rotatable bonds is 3. The first kappa shape index (κ1) is 12.5. The van der Waals surface area contributed by atoms with E-state index in [4.69, 9.17) is 5.73 Å². The highest BCUT2D eigenvalue weighted by molar-refractivity contribution is 5.61. The van der Waals surface area contributed by atoms with Gasteiger partial charge in [0, 0.05) is 12.1 Å². The highest BCUT2D eigenvalue weighted by Crippen LogP contribution is 2.22. The molecule has 3 rings (SSSR count). The first-order valence-corrected chi connectivity index (χ1v) is 6.24. The molecule has 0 saturated carbocycles. The van der Waals surface area contributed by atoms with Crippen LogP contribution in [0.4, 0.5) is 4.39 Å². The molecule has 0 radical (unpaired) electrons. The van der Waals surface area contributed by atoms with Crippen molar-refractivity contribution in [2.75, 3.05) is 0 Å². The summed E-state index contributed by atoms with van der Waals surface area (Å²) in [6.45, 7) is 0.495. The first-order chi connectivity index (χ1) is 9.78. The third kappa shape index (κ3) is 2.31. The Balaban J connectivity index is 1.95. The van der Waals surface area contributed by atoms with Gasteiger partial charge < -0.3 is 5.73 Å². The fourth-order valence-electron chi connectivity index (χ4n) is 1.95. The summed E-state index contributed by atoms with van der Waals surface area (Å²) < 4.78 is 13.7. The number of nitrogens with one attached hydrogen (secondary N) is 1. The molecule has 0 atom stereocenters. The maximum Gasteiger partial charge on any atom is 0.181 e. The van der Waals surface area contributed by atoms with Gasteiger partial charge in [-0.15, -0.1) is 0 Å². The van der Waals surface area contributed by atoms with Crippen LogP contribution in [0.15, 0.2) is 48.5 Å². The van der Waals surface area contributed by atoms with Gasteiger partial charge >= 0.3 is 0 Å². The van der Waals surface area contributed by atoms with Crippen LogP contribution in [0.2, 0.25) is 0 Å². The van der Waals surface area contributed by atoms with Gasteiger partial charge in [0.25, 0.3) is 0 Å². The molecule has 4 nitrogen and oxygen atoms in total. The second kappa shape index (κ2) is 5.22. The molecule has 100 valence electrons. The van der Waals surface area contributed by atoms with Gasteiger partial charge in [0.15, 0.2) is 11.6 Å². The summed E-state index contributed by atoms with van der Waals surface area (Å²) in [7, 11) is 0. The van der Waals surface area contributed by atoms with Crippen molar-refractivity contribution in [1.82, 2.24) is 15.2 Å². The summed E-state index contributed by atoms with van der Waals surface area (Å²) in [6.07, 6.45) is 0. The zero-order valence-electron chi connectivity index (χ0n) is 10.7. The van der Waals surface area contributed by atoms with Gasteiger partial charge in [-0.1, -0.05) is 36.4 Å². The molecule has 0 amide bonds. The normalized spacial score (nSPS) is 10.7. The number of halogens is 1. The van der Waals surface area contributed by atoms with Crippen LogP contribution in [0.25, 0.3) is 22.8 Å². The summed E-state index contributed by atoms with van der Waals surface area (Å²) in [6, 6.07) is 14.1. The van der Waals surface area contributed by atoms with Gasteiger partial charge in [-0.3, -0.25) is 5.10 Å². The van der Waals surface area contributed by atoms with Crippen molar-refractivity contribution in [3.05, 3.63) is 59.9 Å². The number of benzene rings is 2. The van der Waals surface area contributed by atoms with Crippen molar-refractivity contribution in [3.8, 4) is 22.8 Å². The van der Waals surface area contributed by atoms with Crippen molar-refractivity contribution in [2.24, 2.45) is 5.73 Å². The highest BCUT2D eigenvalue weighted by atomic mass is 19.1. The average molecular weight is 268 g/mol. The zero-order chi connectivity index (χ0) is 13.9. The van der Waals surface area contributed by atoms with Crippen LogP contribution in [-0.2, 0) is 6.54 Å². The highest BCUT2D eigenvalue weighted by Gasteiger charge is 2.10. The predicted molar refractivity (Wildman–Crippen MR) is 75.1 cm³/mol. The fourth-order valence-corrected chi connectivity index (χ4v) is 1.95. The molecule has 0 aliphatic heterocycles. The van der Waals surface area contributed by atoms with Gasteiger partial charge in [0.05, 0.1) is 5.56 Å². The molecule has 1 aromatic heterocycles. The minimum absolute atomic E-state index is 0.325. The molecule has 3 aromatic rings. The Hall–Kier alpha value is -2.53. The van der Waals surface area contributed by atoms with Crippen molar-refractivity contribution < 1.29 is 4.39 Å². The average Bonchev–Trinajstić information content (AvgIpc) is 2.97. The molecule has 20 heavy (non-hydrogen) atoms. The van der Waals surface area contributed by atoms with E-state index >= 15 is 0 Å². The molecule has 3 N–H and O–H groups in total. The summed E-state index contributed by atoms with van der Waals surface area (Å²) in [5, 5.41) is 6.89. The van der Waals surface area contributed by atoms with Crippen LogP contribution < -0.4 is 5.73 Å². The van der Waals surface area contributed by atoms with E-state index < -0.39 is 0 Å². The van der Waals surface area contributed by atoms with Crippen LogP contribution in [0.1, 0.15) is 5.56 Å². The number of H-pyrrole nitrogens is 1. The molecule has 0 spiro atoms. The third-order valence-electron chi connectivity index (χ3n) is 3.06. The lowest BCUT2D eigenvalue weighted by molar-refractivity contribution is 0.630. The van der Waals surface area contributed by atoms with E-state index in [0.717, 1.165) is 11.1 Å². The lowest BCUT2D eigenvalue weighted by atomic mass is 10.1.